The molecule has 0 radical (unpaired) electrons. The zero-order valence-electron chi connectivity index (χ0n) is 11.7. The maximum absolute atomic E-state index is 5.76. The van der Waals surface area contributed by atoms with Gasteiger partial charge in [-0.15, -0.1) is 21.5 Å². The zero-order chi connectivity index (χ0) is 14.9. The minimum atomic E-state index is 0.0294. The predicted octanol–water partition coefficient (Wildman–Crippen LogP) is 4.53. The van der Waals surface area contributed by atoms with E-state index in [1.807, 2.05) is 48.7 Å². The normalized spacial score (nSPS) is 12.8. The summed E-state index contributed by atoms with van der Waals surface area (Å²) in [4.78, 5) is 8.83. The van der Waals surface area contributed by atoms with Crippen LogP contribution in [0.15, 0.2) is 51.4 Å². The average molecular weight is 328 g/mol. The summed E-state index contributed by atoms with van der Waals surface area (Å²) in [7, 11) is 0. The summed E-state index contributed by atoms with van der Waals surface area (Å²) in [5.74, 6) is 1.18. The molecule has 1 atom stereocenters. The van der Waals surface area contributed by atoms with Crippen molar-refractivity contribution in [3.05, 3.63) is 47.7 Å². The van der Waals surface area contributed by atoms with Gasteiger partial charge in [0.15, 0.2) is 5.16 Å². The van der Waals surface area contributed by atoms with Crippen molar-refractivity contribution >= 4 is 34.1 Å². The van der Waals surface area contributed by atoms with Gasteiger partial charge in [-0.3, -0.25) is 0 Å². The van der Waals surface area contributed by atoms with E-state index in [1.165, 1.54) is 0 Å². The van der Waals surface area contributed by atoms with Crippen molar-refractivity contribution in [2.45, 2.75) is 17.3 Å². The molecule has 0 fully saturated rings. The Balaban J connectivity index is 1.55. The second kappa shape index (κ2) is 5.58. The highest BCUT2D eigenvalue weighted by atomic mass is 32.2. The molecular weight excluding hydrogens is 316 g/mol. The van der Waals surface area contributed by atoms with E-state index in [-0.39, 0.29) is 5.25 Å². The topological polar surface area (TPSA) is 67.6 Å². The molecule has 1 unspecified atom stereocenters. The number of fused-ring (bicyclic) bond motifs is 1. The first-order valence-corrected chi connectivity index (χ1v) is 8.54. The van der Waals surface area contributed by atoms with Crippen LogP contribution in [0.4, 0.5) is 0 Å². The Morgan fingerprint density at radius 1 is 1.18 bits per heavy atom. The van der Waals surface area contributed by atoms with E-state index >= 15 is 0 Å². The van der Waals surface area contributed by atoms with E-state index in [9.17, 15) is 0 Å². The van der Waals surface area contributed by atoms with Gasteiger partial charge in [0.25, 0.3) is 5.89 Å². The van der Waals surface area contributed by atoms with Gasteiger partial charge < -0.3 is 9.40 Å². The van der Waals surface area contributed by atoms with Gasteiger partial charge in [-0.25, -0.2) is 4.98 Å². The van der Waals surface area contributed by atoms with Gasteiger partial charge in [-0.2, -0.15) is 0 Å². The molecule has 0 bridgehead atoms. The number of H-pyrrole nitrogens is 1. The molecule has 22 heavy (non-hydrogen) atoms. The van der Waals surface area contributed by atoms with Crippen LogP contribution in [0.5, 0.6) is 0 Å². The summed E-state index contributed by atoms with van der Waals surface area (Å²) in [6, 6.07) is 11.9. The Kier molecular flexibility index (Phi) is 3.44. The quantitative estimate of drug-likeness (QED) is 0.558. The van der Waals surface area contributed by atoms with Crippen molar-refractivity contribution in [2.75, 3.05) is 0 Å². The van der Waals surface area contributed by atoms with Gasteiger partial charge in [0, 0.05) is 0 Å². The lowest BCUT2D eigenvalue weighted by atomic mass is 10.3. The van der Waals surface area contributed by atoms with Gasteiger partial charge in [-0.05, 0) is 30.5 Å². The third-order valence-corrected chi connectivity index (χ3v) is 5.01. The summed E-state index contributed by atoms with van der Waals surface area (Å²) >= 11 is 3.16. The van der Waals surface area contributed by atoms with Crippen LogP contribution in [-0.2, 0) is 0 Å². The van der Waals surface area contributed by atoms with Crippen molar-refractivity contribution in [1.82, 2.24) is 20.2 Å². The average Bonchev–Trinajstić information content (AvgIpc) is 3.26. The maximum atomic E-state index is 5.76. The third kappa shape index (κ3) is 2.53. The van der Waals surface area contributed by atoms with Crippen LogP contribution in [0.3, 0.4) is 0 Å². The first kappa shape index (κ1) is 13.5. The highest BCUT2D eigenvalue weighted by molar-refractivity contribution is 7.99. The van der Waals surface area contributed by atoms with E-state index < -0.39 is 0 Å². The second-order valence-electron chi connectivity index (χ2n) is 4.74. The monoisotopic (exact) mass is 328 g/mol. The lowest BCUT2D eigenvalue weighted by Gasteiger charge is -2.02. The van der Waals surface area contributed by atoms with Gasteiger partial charge in [0.2, 0.25) is 5.89 Å². The largest absolute Gasteiger partial charge is 0.419 e. The molecule has 3 aromatic heterocycles. The first-order valence-electron chi connectivity index (χ1n) is 6.78. The second-order valence-corrected chi connectivity index (χ2v) is 7.02. The van der Waals surface area contributed by atoms with Gasteiger partial charge in [-0.1, -0.05) is 30.0 Å². The van der Waals surface area contributed by atoms with Gasteiger partial charge in [0.05, 0.1) is 21.2 Å². The van der Waals surface area contributed by atoms with Crippen LogP contribution >= 0.6 is 23.1 Å². The summed E-state index contributed by atoms with van der Waals surface area (Å²) in [5.41, 5.74) is 1.99. The molecule has 0 saturated heterocycles. The van der Waals surface area contributed by atoms with Crippen LogP contribution in [0.1, 0.15) is 18.1 Å². The molecule has 5 nitrogen and oxygen atoms in total. The third-order valence-electron chi connectivity index (χ3n) is 3.18. The molecule has 4 rings (SSSR count). The number of aromatic amines is 1. The van der Waals surface area contributed by atoms with E-state index in [1.54, 1.807) is 23.1 Å². The van der Waals surface area contributed by atoms with E-state index in [0.717, 1.165) is 21.1 Å². The standard InChI is InChI=1S/C15H12N4OS2/c1-9(13-18-19-14(20-13)12-7-4-8-21-12)22-15-16-10-5-2-3-6-11(10)17-15/h2-9H,1H3,(H,16,17). The Bertz CT molecular complexity index is 864. The van der Waals surface area contributed by atoms with Crippen molar-refractivity contribution in [2.24, 2.45) is 0 Å². The van der Waals surface area contributed by atoms with Crippen molar-refractivity contribution in [3.63, 3.8) is 0 Å². The number of hydrogen-bond donors (Lipinski definition) is 1. The van der Waals surface area contributed by atoms with E-state index in [0.29, 0.717) is 11.8 Å². The van der Waals surface area contributed by atoms with Crippen LogP contribution in [0.2, 0.25) is 0 Å². The Morgan fingerprint density at radius 3 is 2.91 bits per heavy atom. The number of nitrogens with zero attached hydrogens (tertiary/aromatic N) is 3. The molecule has 0 aliphatic carbocycles. The van der Waals surface area contributed by atoms with Crippen LogP contribution < -0.4 is 0 Å². The number of aromatic nitrogens is 4. The molecule has 7 heteroatoms. The highest BCUT2D eigenvalue weighted by Gasteiger charge is 2.18. The molecular formula is C15H12N4OS2. The fraction of sp³-hybridized carbons (Fsp3) is 0.133. The number of thiophene rings is 1. The molecule has 0 aliphatic rings. The minimum Gasteiger partial charge on any atom is -0.419 e. The van der Waals surface area contributed by atoms with Gasteiger partial charge >= 0.3 is 0 Å². The molecule has 110 valence electrons. The zero-order valence-corrected chi connectivity index (χ0v) is 13.3. The lowest BCUT2D eigenvalue weighted by molar-refractivity contribution is 0.510. The summed E-state index contributed by atoms with van der Waals surface area (Å²) in [5, 5.41) is 11.1. The number of thioether (sulfide) groups is 1. The molecule has 0 saturated carbocycles. The van der Waals surface area contributed by atoms with Crippen molar-refractivity contribution in [3.8, 4) is 10.8 Å². The molecule has 0 aliphatic heterocycles. The molecule has 4 aromatic rings. The Morgan fingerprint density at radius 2 is 2.09 bits per heavy atom. The van der Waals surface area contributed by atoms with Crippen molar-refractivity contribution in [1.29, 1.82) is 0 Å². The molecule has 1 aromatic carbocycles. The van der Waals surface area contributed by atoms with Gasteiger partial charge in [0.1, 0.15) is 0 Å². The van der Waals surface area contributed by atoms with Crippen LogP contribution in [0.25, 0.3) is 21.8 Å². The molecule has 3 heterocycles. The predicted molar refractivity (Wildman–Crippen MR) is 88.0 cm³/mol. The lowest BCUT2D eigenvalue weighted by Crippen LogP contribution is -1.89. The number of imidazole rings is 1. The summed E-state index contributed by atoms with van der Waals surface area (Å²) in [6.45, 7) is 2.03. The fourth-order valence-corrected chi connectivity index (χ4v) is 3.60. The number of para-hydroxylation sites is 2. The smallest absolute Gasteiger partial charge is 0.257 e. The first-order chi connectivity index (χ1) is 10.8. The molecule has 0 spiro atoms. The molecule has 1 N–H and O–H groups in total. The number of nitrogens with one attached hydrogen (secondary N) is 1. The minimum absolute atomic E-state index is 0.0294. The Hall–Kier alpha value is -2.12. The number of rotatable bonds is 4. The number of benzene rings is 1. The van der Waals surface area contributed by atoms with Crippen molar-refractivity contribution < 1.29 is 4.42 Å². The highest BCUT2D eigenvalue weighted by Crippen LogP contribution is 2.35. The van der Waals surface area contributed by atoms with E-state index in [4.69, 9.17) is 4.42 Å². The van der Waals surface area contributed by atoms with Crippen LogP contribution in [-0.4, -0.2) is 20.2 Å². The molecule has 0 amide bonds. The SMILES string of the molecule is CC(Sc1nc2ccccc2[nH]1)c1nnc(-c2cccs2)o1. The number of hydrogen-bond acceptors (Lipinski definition) is 6. The summed E-state index contributed by atoms with van der Waals surface area (Å²) in [6.07, 6.45) is 0. The van der Waals surface area contributed by atoms with E-state index in [2.05, 4.69) is 20.2 Å². The maximum Gasteiger partial charge on any atom is 0.257 e. The Labute approximate surface area is 134 Å². The van der Waals surface area contributed by atoms with Crippen LogP contribution in [0, 0.1) is 0 Å². The fourth-order valence-electron chi connectivity index (χ4n) is 2.10. The summed E-state index contributed by atoms with van der Waals surface area (Å²) < 4.78 is 5.76.